The zero-order valence-electron chi connectivity index (χ0n) is 10.3. The van der Waals surface area contributed by atoms with Crippen LogP contribution in [0.15, 0.2) is 18.2 Å². The van der Waals surface area contributed by atoms with Crippen LogP contribution in [-0.2, 0) is 11.2 Å². The standard InChI is InChI=1S/C14H16N2O2/c1-8-6-12(8)16-14(18)10-2-4-11-9(7-10)3-5-13(17)15-11/h2,4,7-8,12H,3,5-6H2,1H3,(H,15,17)(H,16,18). The van der Waals surface area contributed by atoms with Gasteiger partial charge in [0.2, 0.25) is 5.91 Å². The first-order valence-electron chi connectivity index (χ1n) is 6.37. The van der Waals surface area contributed by atoms with Crippen LogP contribution in [0.1, 0.15) is 35.7 Å². The van der Waals surface area contributed by atoms with Gasteiger partial charge < -0.3 is 10.6 Å². The number of hydrogen-bond acceptors (Lipinski definition) is 2. The molecular weight excluding hydrogens is 228 g/mol. The Hall–Kier alpha value is -1.84. The highest BCUT2D eigenvalue weighted by atomic mass is 16.2. The lowest BCUT2D eigenvalue weighted by molar-refractivity contribution is -0.116. The third-order valence-electron chi connectivity index (χ3n) is 3.69. The summed E-state index contributed by atoms with van der Waals surface area (Å²) in [5.74, 6) is 0.640. The largest absolute Gasteiger partial charge is 0.349 e. The number of anilines is 1. The molecule has 2 atom stereocenters. The number of amides is 2. The summed E-state index contributed by atoms with van der Waals surface area (Å²) in [6.45, 7) is 2.13. The van der Waals surface area contributed by atoms with Crippen LogP contribution in [0.25, 0.3) is 0 Å². The Morgan fingerprint density at radius 3 is 2.89 bits per heavy atom. The van der Waals surface area contributed by atoms with E-state index in [1.807, 2.05) is 12.1 Å². The molecule has 1 aliphatic heterocycles. The number of rotatable bonds is 2. The first-order chi connectivity index (χ1) is 8.63. The molecule has 0 bridgehead atoms. The maximum atomic E-state index is 12.0. The first-order valence-corrected chi connectivity index (χ1v) is 6.37. The minimum atomic E-state index is -0.0101. The molecule has 0 radical (unpaired) electrons. The molecule has 0 spiro atoms. The molecule has 3 rings (SSSR count). The minimum Gasteiger partial charge on any atom is -0.349 e. The van der Waals surface area contributed by atoms with Crippen LogP contribution in [0.5, 0.6) is 0 Å². The average Bonchev–Trinajstić information content (AvgIpc) is 3.04. The van der Waals surface area contributed by atoms with Gasteiger partial charge in [0.05, 0.1) is 0 Å². The Labute approximate surface area is 106 Å². The molecule has 4 heteroatoms. The lowest BCUT2D eigenvalue weighted by Gasteiger charge is -2.17. The third kappa shape index (κ3) is 2.10. The van der Waals surface area contributed by atoms with E-state index in [9.17, 15) is 9.59 Å². The maximum absolute atomic E-state index is 12.0. The predicted molar refractivity (Wildman–Crippen MR) is 68.4 cm³/mol. The van der Waals surface area contributed by atoms with Gasteiger partial charge in [-0.25, -0.2) is 0 Å². The summed E-state index contributed by atoms with van der Waals surface area (Å²) in [6, 6.07) is 5.81. The summed E-state index contributed by atoms with van der Waals surface area (Å²) in [4.78, 5) is 23.2. The van der Waals surface area contributed by atoms with Gasteiger partial charge >= 0.3 is 0 Å². The topological polar surface area (TPSA) is 58.2 Å². The van der Waals surface area contributed by atoms with Crippen LogP contribution in [0.2, 0.25) is 0 Å². The van der Waals surface area contributed by atoms with Crippen LogP contribution in [0, 0.1) is 5.92 Å². The van der Waals surface area contributed by atoms with Crippen molar-refractivity contribution >= 4 is 17.5 Å². The Bertz CT molecular complexity index is 525. The van der Waals surface area contributed by atoms with E-state index in [1.165, 1.54) is 0 Å². The van der Waals surface area contributed by atoms with Crippen molar-refractivity contribution in [2.45, 2.75) is 32.2 Å². The zero-order chi connectivity index (χ0) is 12.7. The lowest BCUT2D eigenvalue weighted by atomic mass is 10.00. The van der Waals surface area contributed by atoms with Crippen molar-refractivity contribution in [3.8, 4) is 0 Å². The van der Waals surface area contributed by atoms with Gasteiger partial charge in [-0.15, -0.1) is 0 Å². The van der Waals surface area contributed by atoms with Gasteiger partial charge in [-0.05, 0) is 42.5 Å². The molecule has 1 saturated carbocycles. The summed E-state index contributed by atoms with van der Waals surface area (Å²) in [7, 11) is 0. The van der Waals surface area contributed by atoms with Gasteiger partial charge in [-0.3, -0.25) is 9.59 Å². The van der Waals surface area contributed by atoms with Crippen LogP contribution in [-0.4, -0.2) is 17.9 Å². The summed E-state index contributed by atoms with van der Waals surface area (Å²) in [5.41, 5.74) is 2.57. The number of nitrogens with one attached hydrogen (secondary N) is 2. The van der Waals surface area contributed by atoms with Crippen LogP contribution >= 0.6 is 0 Å². The molecule has 1 aliphatic carbocycles. The third-order valence-corrected chi connectivity index (χ3v) is 3.69. The molecule has 1 heterocycles. The number of benzene rings is 1. The zero-order valence-corrected chi connectivity index (χ0v) is 10.3. The molecule has 2 N–H and O–H groups in total. The van der Waals surface area contributed by atoms with Gasteiger partial charge in [0.15, 0.2) is 0 Å². The summed E-state index contributed by atoms with van der Waals surface area (Å²) < 4.78 is 0. The van der Waals surface area contributed by atoms with Crippen molar-refractivity contribution in [2.24, 2.45) is 5.92 Å². The smallest absolute Gasteiger partial charge is 0.251 e. The normalized spacial score (nSPS) is 25.1. The van der Waals surface area contributed by atoms with Crippen molar-refractivity contribution in [3.63, 3.8) is 0 Å². The SMILES string of the molecule is CC1CC1NC(=O)c1ccc2c(c1)CCC(=O)N2. The number of carbonyl (C=O) groups excluding carboxylic acids is 2. The monoisotopic (exact) mass is 244 g/mol. The van der Waals surface area contributed by atoms with Crippen LogP contribution < -0.4 is 10.6 Å². The molecule has 2 unspecified atom stereocenters. The lowest BCUT2D eigenvalue weighted by Crippen LogP contribution is -2.27. The molecule has 1 aromatic carbocycles. The highest BCUT2D eigenvalue weighted by Crippen LogP contribution is 2.29. The highest BCUT2D eigenvalue weighted by Gasteiger charge is 2.34. The molecule has 2 amide bonds. The first kappa shape index (κ1) is 11.3. The molecule has 18 heavy (non-hydrogen) atoms. The van der Waals surface area contributed by atoms with Gasteiger partial charge in [0.1, 0.15) is 0 Å². The number of aryl methyl sites for hydroxylation is 1. The molecule has 4 nitrogen and oxygen atoms in total. The number of hydrogen-bond donors (Lipinski definition) is 2. The van der Waals surface area contributed by atoms with Crippen molar-refractivity contribution in [2.75, 3.05) is 5.32 Å². The summed E-state index contributed by atoms with van der Waals surface area (Å²) in [6.07, 6.45) is 2.28. The van der Waals surface area contributed by atoms with Gasteiger partial charge in [-0.1, -0.05) is 6.92 Å². The predicted octanol–water partition coefficient (Wildman–Crippen LogP) is 1.71. The fraction of sp³-hybridized carbons (Fsp3) is 0.429. The van der Waals surface area contributed by atoms with E-state index in [2.05, 4.69) is 17.6 Å². The Morgan fingerprint density at radius 2 is 2.17 bits per heavy atom. The molecule has 94 valence electrons. The Balaban J connectivity index is 1.77. The van der Waals surface area contributed by atoms with Crippen LogP contribution in [0.4, 0.5) is 5.69 Å². The molecule has 1 fully saturated rings. The van der Waals surface area contributed by atoms with Crippen molar-refractivity contribution < 1.29 is 9.59 Å². The molecule has 0 aromatic heterocycles. The summed E-state index contributed by atoms with van der Waals surface area (Å²) >= 11 is 0. The number of fused-ring (bicyclic) bond motifs is 1. The van der Waals surface area contributed by atoms with Gasteiger partial charge in [0, 0.05) is 23.7 Å². The second kappa shape index (κ2) is 4.12. The van der Waals surface area contributed by atoms with E-state index < -0.39 is 0 Å². The highest BCUT2D eigenvalue weighted by molar-refractivity contribution is 5.98. The van der Waals surface area contributed by atoms with E-state index in [-0.39, 0.29) is 11.8 Å². The van der Waals surface area contributed by atoms with Crippen molar-refractivity contribution in [1.82, 2.24) is 5.32 Å². The Morgan fingerprint density at radius 1 is 1.39 bits per heavy atom. The molecular formula is C14H16N2O2. The van der Waals surface area contributed by atoms with Crippen LogP contribution in [0.3, 0.4) is 0 Å². The van der Waals surface area contributed by atoms with E-state index >= 15 is 0 Å². The number of carbonyl (C=O) groups is 2. The van der Waals surface area contributed by atoms with Gasteiger partial charge in [-0.2, -0.15) is 0 Å². The molecule has 0 saturated heterocycles. The average molecular weight is 244 g/mol. The molecule has 1 aromatic rings. The van der Waals surface area contributed by atoms with E-state index in [1.54, 1.807) is 6.07 Å². The van der Waals surface area contributed by atoms with E-state index in [0.717, 1.165) is 17.7 Å². The van der Waals surface area contributed by atoms with Crippen molar-refractivity contribution in [1.29, 1.82) is 0 Å². The second-order valence-electron chi connectivity index (χ2n) is 5.21. The van der Waals surface area contributed by atoms with Gasteiger partial charge in [0.25, 0.3) is 5.91 Å². The quantitative estimate of drug-likeness (QED) is 0.832. The fourth-order valence-corrected chi connectivity index (χ4v) is 2.30. The summed E-state index contributed by atoms with van der Waals surface area (Å²) in [5, 5.41) is 5.82. The van der Waals surface area contributed by atoms with Crippen molar-refractivity contribution in [3.05, 3.63) is 29.3 Å². The van der Waals surface area contributed by atoms with E-state index in [0.29, 0.717) is 30.4 Å². The molecule has 2 aliphatic rings. The van der Waals surface area contributed by atoms with E-state index in [4.69, 9.17) is 0 Å². The maximum Gasteiger partial charge on any atom is 0.251 e. The minimum absolute atomic E-state index is 0.0101. The Kier molecular flexibility index (Phi) is 2.58. The fourth-order valence-electron chi connectivity index (χ4n) is 2.30. The second-order valence-corrected chi connectivity index (χ2v) is 5.21.